The van der Waals surface area contributed by atoms with E-state index in [1.54, 1.807) is 20.4 Å². The van der Waals surface area contributed by atoms with E-state index in [1.807, 2.05) is 37.3 Å². The molecule has 2 rings (SSSR count). The van der Waals surface area contributed by atoms with Crippen LogP contribution in [0.5, 0.6) is 11.5 Å². The molecular formula is C16H18ClNO2. The minimum absolute atomic E-state index is 0.174. The standard InChI is InChI=1S/C16H18ClNO2/c1-11-5-4-6-18-16(11)10-15(17)12-7-13(19-2)9-14(8-12)20-3/h4-9,15H,10H2,1-3H3. The van der Waals surface area contributed by atoms with Gasteiger partial charge in [0.25, 0.3) is 0 Å². The third kappa shape index (κ3) is 3.42. The highest BCUT2D eigenvalue weighted by Gasteiger charge is 2.14. The molecule has 1 aromatic heterocycles. The van der Waals surface area contributed by atoms with E-state index in [2.05, 4.69) is 4.98 Å². The summed E-state index contributed by atoms with van der Waals surface area (Å²) in [5.41, 5.74) is 3.12. The van der Waals surface area contributed by atoms with Gasteiger partial charge in [0.2, 0.25) is 0 Å². The van der Waals surface area contributed by atoms with Gasteiger partial charge in [-0.15, -0.1) is 11.6 Å². The summed E-state index contributed by atoms with van der Waals surface area (Å²) in [6.07, 6.45) is 2.46. The van der Waals surface area contributed by atoms with Gasteiger partial charge >= 0.3 is 0 Å². The Labute approximate surface area is 124 Å². The number of benzene rings is 1. The average molecular weight is 292 g/mol. The number of halogens is 1. The number of pyridine rings is 1. The largest absolute Gasteiger partial charge is 0.497 e. The maximum atomic E-state index is 6.52. The minimum Gasteiger partial charge on any atom is -0.497 e. The third-order valence-electron chi connectivity index (χ3n) is 3.23. The van der Waals surface area contributed by atoms with Crippen molar-refractivity contribution in [2.24, 2.45) is 0 Å². The van der Waals surface area contributed by atoms with Crippen LogP contribution in [0, 0.1) is 6.92 Å². The Kier molecular flexibility index (Phi) is 4.85. The molecule has 0 aliphatic rings. The zero-order valence-corrected chi connectivity index (χ0v) is 12.6. The maximum Gasteiger partial charge on any atom is 0.122 e. The van der Waals surface area contributed by atoms with E-state index < -0.39 is 0 Å². The number of rotatable bonds is 5. The van der Waals surface area contributed by atoms with E-state index in [1.165, 1.54) is 0 Å². The Hall–Kier alpha value is -1.74. The van der Waals surface area contributed by atoms with Crippen LogP contribution in [0.3, 0.4) is 0 Å². The number of alkyl halides is 1. The van der Waals surface area contributed by atoms with E-state index in [0.717, 1.165) is 28.3 Å². The molecule has 0 saturated heterocycles. The summed E-state index contributed by atoms with van der Waals surface area (Å²) in [5.74, 6) is 1.48. The lowest BCUT2D eigenvalue weighted by atomic mass is 10.0. The van der Waals surface area contributed by atoms with E-state index >= 15 is 0 Å². The zero-order chi connectivity index (χ0) is 14.5. The number of methoxy groups -OCH3 is 2. The summed E-state index contributed by atoms with van der Waals surface area (Å²) >= 11 is 6.52. The van der Waals surface area contributed by atoms with Gasteiger partial charge in [-0.2, -0.15) is 0 Å². The van der Waals surface area contributed by atoms with Gasteiger partial charge < -0.3 is 9.47 Å². The fraction of sp³-hybridized carbons (Fsp3) is 0.312. The predicted octanol–water partition coefficient (Wildman–Crippen LogP) is 3.93. The first-order valence-corrected chi connectivity index (χ1v) is 6.85. The number of nitrogens with zero attached hydrogens (tertiary/aromatic N) is 1. The summed E-state index contributed by atoms with van der Waals surface area (Å²) < 4.78 is 10.5. The van der Waals surface area contributed by atoms with Crippen molar-refractivity contribution in [3.63, 3.8) is 0 Å². The van der Waals surface area contributed by atoms with Gasteiger partial charge in [0.15, 0.2) is 0 Å². The lowest BCUT2D eigenvalue weighted by molar-refractivity contribution is 0.393. The number of aryl methyl sites for hydroxylation is 1. The topological polar surface area (TPSA) is 31.4 Å². The van der Waals surface area contributed by atoms with Gasteiger partial charge in [-0.25, -0.2) is 0 Å². The third-order valence-corrected chi connectivity index (χ3v) is 3.63. The molecule has 1 aromatic carbocycles. The first-order valence-electron chi connectivity index (χ1n) is 6.41. The molecule has 0 spiro atoms. The highest BCUT2D eigenvalue weighted by Crippen LogP contribution is 2.31. The molecule has 106 valence electrons. The van der Waals surface area contributed by atoms with Crippen LogP contribution >= 0.6 is 11.6 Å². The van der Waals surface area contributed by atoms with Crippen molar-refractivity contribution in [1.82, 2.24) is 4.98 Å². The van der Waals surface area contributed by atoms with Crippen LogP contribution in [0.4, 0.5) is 0 Å². The normalized spacial score (nSPS) is 12.0. The molecule has 0 aliphatic carbocycles. The van der Waals surface area contributed by atoms with Crippen LogP contribution in [-0.4, -0.2) is 19.2 Å². The molecule has 1 unspecified atom stereocenters. The van der Waals surface area contributed by atoms with Crippen molar-refractivity contribution in [2.45, 2.75) is 18.7 Å². The number of hydrogen-bond acceptors (Lipinski definition) is 3. The minimum atomic E-state index is -0.174. The molecule has 0 saturated carbocycles. The molecule has 4 heteroatoms. The maximum absolute atomic E-state index is 6.52. The number of hydrogen-bond donors (Lipinski definition) is 0. The van der Waals surface area contributed by atoms with Crippen LogP contribution < -0.4 is 9.47 Å². The summed E-state index contributed by atoms with van der Waals surface area (Å²) in [6, 6.07) is 9.66. The second kappa shape index (κ2) is 6.62. The Morgan fingerprint density at radius 2 is 1.80 bits per heavy atom. The number of aromatic nitrogens is 1. The molecule has 0 radical (unpaired) electrons. The lowest BCUT2D eigenvalue weighted by Gasteiger charge is -2.14. The lowest BCUT2D eigenvalue weighted by Crippen LogP contribution is -2.01. The zero-order valence-electron chi connectivity index (χ0n) is 11.9. The fourth-order valence-corrected chi connectivity index (χ4v) is 2.30. The highest BCUT2D eigenvalue weighted by molar-refractivity contribution is 6.21. The Balaban J connectivity index is 2.24. The van der Waals surface area contributed by atoms with E-state index in [0.29, 0.717) is 6.42 Å². The van der Waals surface area contributed by atoms with Gasteiger partial charge in [-0.1, -0.05) is 6.07 Å². The van der Waals surface area contributed by atoms with Gasteiger partial charge in [0.1, 0.15) is 11.5 Å². The monoisotopic (exact) mass is 291 g/mol. The molecule has 0 fully saturated rings. The summed E-state index contributed by atoms with van der Waals surface area (Å²) in [6.45, 7) is 2.04. The highest BCUT2D eigenvalue weighted by atomic mass is 35.5. The van der Waals surface area contributed by atoms with E-state index in [4.69, 9.17) is 21.1 Å². The second-order valence-electron chi connectivity index (χ2n) is 4.58. The van der Waals surface area contributed by atoms with Gasteiger partial charge in [-0.05, 0) is 36.2 Å². The molecule has 0 bridgehead atoms. The van der Waals surface area contributed by atoms with Crippen molar-refractivity contribution in [2.75, 3.05) is 14.2 Å². The summed E-state index contributed by atoms with van der Waals surface area (Å²) in [5, 5.41) is -0.174. The summed E-state index contributed by atoms with van der Waals surface area (Å²) in [7, 11) is 3.26. The van der Waals surface area contributed by atoms with Crippen molar-refractivity contribution in [3.05, 3.63) is 53.3 Å². The first kappa shape index (κ1) is 14.7. The van der Waals surface area contributed by atoms with Crippen molar-refractivity contribution in [3.8, 4) is 11.5 Å². The SMILES string of the molecule is COc1cc(OC)cc(C(Cl)Cc2ncccc2C)c1. The molecule has 3 nitrogen and oxygen atoms in total. The Bertz CT molecular complexity index is 564. The van der Waals surface area contributed by atoms with Crippen LogP contribution in [0.15, 0.2) is 36.5 Å². The second-order valence-corrected chi connectivity index (χ2v) is 5.11. The molecule has 0 N–H and O–H groups in total. The van der Waals surface area contributed by atoms with Crippen LogP contribution in [-0.2, 0) is 6.42 Å². The number of ether oxygens (including phenoxy) is 2. The summed E-state index contributed by atoms with van der Waals surface area (Å²) in [4.78, 5) is 4.38. The average Bonchev–Trinajstić information content (AvgIpc) is 2.48. The van der Waals surface area contributed by atoms with Crippen LogP contribution in [0.2, 0.25) is 0 Å². The van der Waals surface area contributed by atoms with Crippen molar-refractivity contribution in [1.29, 1.82) is 0 Å². The molecular weight excluding hydrogens is 274 g/mol. The fourth-order valence-electron chi connectivity index (χ4n) is 2.03. The Morgan fingerprint density at radius 1 is 1.15 bits per heavy atom. The smallest absolute Gasteiger partial charge is 0.122 e. The molecule has 0 aliphatic heterocycles. The van der Waals surface area contributed by atoms with Gasteiger partial charge in [0.05, 0.1) is 19.6 Å². The predicted molar refractivity (Wildman–Crippen MR) is 80.8 cm³/mol. The van der Waals surface area contributed by atoms with Crippen molar-refractivity contribution < 1.29 is 9.47 Å². The molecule has 0 amide bonds. The van der Waals surface area contributed by atoms with E-state index in [9.17, 15) is 0 Å². The van der Waals surface area contributed by atoms with Crippen LogP contribution in [0.25, 0.3) is 0 Å². The quantitative estimate of drug-likeness (QED) is 0.782. The first-order chi connectivity index (χ1) is 9.63. The Morgan fingerprint density at radius 3 is 2.35 bits per heavy atom. The van der Waals surface area contributed by atoms with E-state index in [-0.39, 0.29) is 5.38 Å². The molecule has 1 heterocycles. The molecule has 20 heavy (non-hydrogen) atoms. The molecule has 2 aromatic rings. The van der Waals surface area contributed by atoms with Crippen molar-refractivity contribution >= 4 is 11.6 Å². The molecule has 1 atom stereocenters. The van der Waals surface area contributed by atoms with Gasteiger partial charge in [-0.3, -0.25) is 4.98 Å². The van der Waals surface area contributed by atoms with Gasteiger partial charge in [0, 0.05) is 24.4 Å². The van der Waals surface area contributed by atoms with Crippen LogP contribution in [0.1, 0.15) is 22.2 Å².